The number of non-ortho nitro benzene ring substituents is 3. The summed E-state index contributed by atoms with van der Waals surface area (Å²) in [4.78, 5) is 96.7. The van der Waals surface area contributed by atoms with Crippen LogP contribution in [0.5, 0.6) is 0 Å². The van der Waals surface area contributed by atoms with E-state index in [-0.39, 0.29) is 34.1 Å². The van der Waals surface area contributed by atoms with Gasteiger partial charge in [0.05, 0.1) is 14.8 Å². The van der Waals surface area contributed by atoms with Crippen molar-refractivity contribution in [3.05, 3.63) is 120 Å². The summed E-state index contributed by atoms with van der Waals surface area (Å²) >= 11 is 0. The van der Waals surface area contributed by atoms with Gasteiger partial charge >= 0.3 is 5.97 Å². The first kappa shape index (κ1) is 48.8. The van der Waals surface area contributed by atoms with E-state index in [1.807, 2.05) is 14.1 Å². The number of carboxylic acid groups (broad SMARTS) is 1. The molecule has 61 heavy (non-hydrogen) atoms. The van der Waals surface area contributed by atoms with Gasteiger partial charge in [0.15, 0.2) is 6.10 Å². The smallest absolute Gasteiger partial charge is 0.377 e. The fourth-order valence-corrected chi connectivity index (χ4v) is 6.04. The number of nitrogens with zero attached hydrogens (tertiary/aromatic N) is 8. The predicted octanol–water partition coefficient (Wildman–Crippen LogP) is 2.92. The van der Waals surface area contributed by atoms with E-state index in [1.165, 1.54) is 85.8 Å². The number of piperidine rings is 1. The van der Waals surface area contributed by atoms with Gasteiger partial charge in [-0.3, -0.25) is 49.5 Å². The summed E-state index contributed by atoms with van der Waals surface area (Å²) in [6, 6.07) is 14.9. The third kappa shape index (κ3) is 15.5. The Bertz CT molecular complexity index is 1990. The number of aliphatic hydroxyl groups is 1. The molecule has 21 nitrogen and oxygen atoms in total. The molecule has 2 amide bonds. The number of likely N-dealkylation sites (N-methyl/N-ethyl adjacent to an activating group) is 2. The van der Waals surface area contributed by atoms with Crippen molar-refractivity contribution in [1.82, 2.24) is 24.5 Å². The minimum Gasteiger partial charge on any atom is -0.475 e. The lowest BCUT2D eigenvalue weighted by atomic mass is 10.1. The lowest BCUT2D eigenvalue weighted by Gasteiger charge is -2.33. The van der Waals surface area contributed by atoms with Crippen LogP contribution in [0.4, 0.5) is 17.1 Å². The SMILES string of the molecule is CN1CCCCC1.CN1CCN(C(=O)C(=O)c2ccc([N+](=O)[O-])cc2)CC1.CN1CCN(C(=O)C(O)c2ccc([N+](=O)[O-])cc2)CC1.O=C(O)C(=O)c1ccc([N+](=O)[O-])cc1. The number of hydrogen-bond acceptors (Lipinski definition) is 15. The van der Waals surface area contributed by atoms with Gasteiger partial charge in [-0.05, 0) is 89.0 Å². The first-order valence-electron chi connectivity index (χ1n) is 19.3. The number of amides is 2. The van der Waals surface area contributed by atoms with Crippen LogP contribution in [0, 0.1) is 30.3 Å². The molecule has 3 aliphatic rings. The van der Waals surface area contributed by atoms with E-state index >= 15 is 0 Å². The number of carboxylic acids is 1. The molecule has 0 bridgehead atoms. The fourth-order valence-electron chi connectivity index (χ4n) is 6.04. The maximum atomic E-state index is 12.1. The molecule has 3 aromatic rings. The second kappa shape index (κ2) is 23.9. The van der Waals surface area contributed by atoms with Crippen molar-refractivity contribution in [3.63, 3.8) is 0 Å². The van der Waals surface area contributed by atoms with Crippen molar-refractivity contribution in [3.8, 4) is 0 Å². The summed E-state index contributed by atoms with van der Waals surface area (Å²) in [6.07, 6.45) is 3.01. The van der Waals surface area contributed by atoms with Crippen molar-refractivity contribution in [1.29, 1.82) is 0 Å². The zero-order valence-electron chi connectivity index (χ0n) is 34.2. The molecule has 0 radical (unpaired) electrons. The minimum absolute atomic E-state index is 0.0620. The first-order chi connectivity index (χ1) is 28.9. The Labute approximate surface area is 351 Å². The molecular weight excluding hydrogens is 800 g/mol. The highest BCUT2D eigenvalue weighted by molar-refractivity contribution is 6.42. The second-order valence-electron chi connectivity index (χ2n) is 14.4. The molecule has 3 saturated heterocycles. The van der Waals surface area contributed by atoms with E-state index in [0.717, 1.165) is 50.4 Å². The molecule has 328 valence electrons. The average Bonchev–Trinajstić information content (AvgIpc) is 3.26. The molecule has 0 aliphatic carbocycles. The Morgan fingerprint density at radius 1 is 0.508 bits per heavy atom. The molecular formula is C40H50N8O13. The zero-order chi connectivity index (χ0) is 45.2. The number of aliphatic hydroxyl groups excluding tert-OH is 1. The van der Waals surface area contributed by atoms with Gasteiger partial charge in [-0.15, -0.1) is 0 Å². The number of Topliss-reactive ketones (excluding diaryl/α,β-unsaturated/α-hetero) is 2. The standard InChI is InChI=1S/C13H17N3O4.C13H15N3O4.C8H5NO5.C6H13N/c2*1-14-6-8-15(9-7-14)13(18)12(17)10-2-4-11(5-3-10)16(19)20;10-7(8(11)12)5-1-3-6(4-2-5)9(13)14;1-7-5-3-2-4-6-7/h2-5,12,17H,6-9H2,1H3;2-5H,6-9H2,1H3;1-4H,(H,11,12);2-6H2,1H3. The molecule has 0 spiro atoms. The zero-order valence-corrected chi connectivity index (χ0v) is 34.2. The van der Waals surface area contributed by atoms with Crippen molar-refractivity contribution in [2.45, 2.75) is 25.4 Å². The van der Waals surface area contributed by atoms with E-state index in [2.05, 4.69) is 21.7 Å². The van der Waals surface area contributed by atoms with Crippen LogP contribution < -0.4 is 0 Å². The number of hydrogen-bond donors (Lipinski definition) is 2. The van der Waals surface area contributed by atoms with Crippen LogP contribution in [0.15, 0.2) is 72.8 Å². The monoisotopic (exact) mass is 850 g/mol. The third-order valence-corrected chi connectivity index (χ3v) is 9.91. The topological polar surface area (TPSA) is 271 Å². The Morgan fingerprint density at radius 2 is 0.852 bits per heavy atom. The van der Waals surface area contributed by atoms with Gasteiger partial charge in [-0.1, -0.05) is 6.42 Å². The van der Waals surface area contributed by atoms with Crippen LogP contribution in [-0.4, -0.2) is 165 Å². The summed E-state index contributed by atoms with van der Waals surface area (Å²) in [5.74, 6) is -4.19. The van der Waals surface area contributed by atoms with Gasteiger partial charge in [-0.25, -0.2) is 4.79 Å². The summed E-state index contributed by atoms with van der Waals surface area (Å²) in [5.41, 5.74) is 0.121. The Kier molecular flexibility index (Phi) is 19.1. The summed E-state index contributed by atoms with van der Waals surface area (Å²) < 4.78 is 0. The van der Waals surface area contributed by atoms with Gasteiger partial charge in [-0.2, -0.15) is 0 Å². The van der Waals surface area contributed by atoms with Gasteiger partial charge in [0, 0.05) is 99.9 Å². The third-order valence-electron chi connectivity index (χ3n) is 9.91. The van der Waals surface area contributed by atoms with Gasteiger partial charge in [0.25, 0.3) is 34.7 Å². The lowest BCUT2D eigenvalue weighted by Crippen LogP contribution is -2.49. The van der Waals surface area contributed by atoms with Crippen LogP contribution in [0.1, 0.15) is 51.6 Å². The number of nitro groups is 3. The highest BCUT2D eigenvalue weighted by atomic mass is 16.6. The molecule has 6 rings (SSSR count). The van der Waals surface area contributed by atoms with Gasteiger partial charge in [0.1, 0.15) is 0 Å². The molecule has 3 heterocycles. The molecule has 3 fully saturated rings. The normalized spacial score (nSPS) is 16.1. The molecule has 2 N–H and O–H groups in total. The number of likely N-dealkylation sites (tertiary alicyclic amines) is 1. The summed E-state index contributed by atoms with van der Waals surface area (Å²) in [6.45, 7) is 7.87. The largest absolute Gasteiger partial charge is 0.475 e. The molecule has 0 aromatic heterocycles. The molecule has 3 aromatic carbocycles. The van der Waals surface area contributed by atoms with E-state index in [1.54, 1.807) is 4.90 Å². The van der Waals surface area contributed by atoms with E-state index in [4.69, 9.17) is 5.11 Å². The minimum atomic E-state index is -1.58. The highest BCUT2D eigenvalue weighted by Crippen LogP contribution is 2.20. The van der Waals surface area contributed by atoms with Crippen LogP contribution in [0.3, 0.4) is 0 Å². The number of nitro benzene ring substituents is 3. The summed E-state index contributed by atoms with van der Waals surface area (Å²) in [5, 5.41) is 49.7. The van der Waals surface area contributed by atoms with Gasteiger partial charge in [0.2, 0.25) is 5.78 Å². The van der Waals surface area contributed by atoms with Crippen LogP contribution in [0.25, 0.3) is 0 Å². The maximum absolute atomic E-state index is 12.1. The van der Waals surface area contributed by atoms with Crippen LogP contribution >= 0.6 is 0 Å². The van der Waals surface area contributed by atoms with E-state index < -0.39 is 44.3 Å². The van der Waals surface area contributed by atoms with Gasteiger partial charge < -0.3 is 34.7 Å². The Balaban J connectivity index is 0.000000229. The van der Waals surface area contributed by atoms with Crippen LogP contribution in [0.2, 0.25) is 0 Å². The fraction of sp³-hybridized carbons (Fsp3) is 0.425. The van der Waals surface area contributed by atoms with E-state index in [9.17, 15) is 59.4 Å². The number of carbonyl (C=O) groups excluding carboxylic acids is 4. The molecule has 3 aliphatic heterocycles. The molecule has 0 saturated carbocycles. The Hall–Kier alpha value is -6.55. The van der Waals surface area contributed by atoms with Crippen molar-refractivity contribution < 1.29 is 49.0 Å². The highest BCUT2D eigenvalue weighted by Gasteiger charge is 2.28. The Morgan fingerprint density at radius 3 is 1.20 bits per heavy atom. The number of carbonyl (C=O) groups is 5. The number of benzene rings is 3. The molecule has 1 unspecified atom stereocenters. The quantitative estimate of drug-likeness (QED) is 0.136. The summed E-state index contributed by atoms with van der Waals surface area (Å²) in [7, 11) is 6.13. The second-order valence-corrected chi connectivity index (χ2v) is 14.4. The van der Waals surface area contributed by atoms with Crippen LogP contribution in [-0.2, 0) is 14.4 Å². The molecule has 1 atom stereocenters. The lowest BCUT2D eigenvalue weighted by molar-refractivity contribution is -0.385. The number of aliphatic carboxylic acids is 1. The maximum Gasteiger partial charge on any atom is 0.377 e. The average molecular weight is 851 g/mol. The number of ketones is 2. The van der Waals surface area contributed by atoms with E-state index in [0.29, 0.717) is 31.7 Å². The van der Waals surface area contributed by atoms with Crippen molar-refractivity contribution >= 4 is 46.4 Å². The molecule has 21 heteroatoms. The van der Waals surface area contributed by atoms with Crippen molar-refractivity contribution in [2.24, 2.45) is 0 Å². The first-order valence-corrected chi connectivity index (χ1v) is 19.3. The number of rotatable bonds is 9. The van der Waals surface area contributed by atoms with Crippen molar-refractivity contribution in [2.75, 3.05) is 86.6 Å². The predicted molar refractivity (Wildman–Crippen MR) is 220 cm³/mol. The number of piperazine rings is 2.